The molecule has 0 saturated heterocycles. The third-order valence-corrected chi connectivity index (χ3v) is 3.94. The molecule has 84 valence electrons. The van der Waals surface area contributed by atoms with E-state index >= 15 is 0 Å². The molecule has 0 amide bonds. The Bertz CT molecular complexity index is 395. The topological polar surface area (TPSA) is 54.4 Å². The first-order valence-corrected chi connectivity index (χ1v) is 6.46. The average Bonchev–Trinajstić information content (AvgIpc) is 2.18. The van der Waals surface area contributed by atoms with E-state index in [-0.39, 0.29) is 17.2 Å². The Morgan fingerprint density at radius 3 is 2.20 bits per heavy atom. The van der Waals surface area contributed by atoms with Crippen molar-refractivity contribution in [3.63, 3.8) is 0 Å². The van der Waals surface area contributed by atoms with Gasteiger partial charge in [-0.15, -0.1) is 0 Å². The second-order valence-electron chi connectivity index (χ2n) is 3.94. The van der Waals surface area contributed by atoms with Gasteiger partial charge in [0.15, 0.2) is 5.44 Å². The van der Waals surface area contributed by atoms with E-state index in [2.05, 4.69) is 0 Å². The van der Waals surface area contributed by atoms with Crippen LogP contribution in [0, 0.1) is 5.92 Å². The van der Waals surface area contributed by atoms with Crippen LogP contribution >= 0.6 is 0 Å². The summed E-state index contributed by atoms with van der Waals surface area (Å²) in [5.41, 5.74) is -1.31. The number of sulfone groups is 1. The van der Waals surface area contributed by atoms with Crippen molar-refractivity contribution in [2.24, 2.45) is 5.92 Å². The lowest BCUT2D eigenvalue weighted by Crippen LogP contribution is -2.22. The van der Waals surface area contributed by atoms with Crippen LogP contribution in [0.3, 0.4) is 0 Å². The monoisotopic (exact) mass is 228 g/mol. The molecule has 3 nitrogen and oxygen atoms in total. The van der Waals surface area contributed by atoms with E-state index in [9.17, 15) is 13.5 Å². The first-order chi connectivity index (χ1) is 6.94. The Hall–Kier alpha value is -0.870. The second-order valence-corrected chi connectivity index (χ2v) is 6.05. The minimum atomic E-state index is -3.58. The Morgan fingerprint density at radius 2 is 1.73 bits per heavy atom. The molecular weight excluding hydrogens is 212 g/mol. The highest BCUT2D eigenvalue weighted by atomic mass is 32.2. The van der Waals surface area contributed by atoms with Crippen LogP contribution in [0.4, 0.5) is 0 Å². The van der Waals surface area contributed by atoms with E-state index in [0.29, 0.717) is 0 Å². The Morgan fingerprint density at radius 1 is 1.20 bits per heavy atom. The van der Waals surface area contributed by atoms with Crippen LogP contribution in [0.1, 0.15) is 20.3 Å². The minimum Gasteiger partial charge on any atom is -0.377 e. The number of hydrogen-bond donors (Lipinski definition) is 1. The van der Waals surface area contributed by atoms with Crippen molar-refractivity contribution in [3.8, 4) is 0 Å². The van der Waals surface area contributed by atoms with Crippen molar-refractivity contribution in [1.29, 1.82) is 0 Å². The summed E-state index contributed by atoms with van der Waals surface area (Å²) in [6.45, 7) is 3.76. The Balaban J connectivity index is 2.94. The fraction of sp³-hybridized carbons (Fsp3) is 0.455. The van der Waals surface area contributed by atoms with Gasteiger partial charge in [-0.3, -0.25) is 0 Å². The molecule has 0 bridgehead atoms. The zero-order valence-electron chi connectivity index (χ0n) is 8.92. The van der Waals surface area contributed by atoms with Crippen molar-refractivity contribution in [1.82, 2.24) is 0 Å². The molecule has 4 heteroatoms. The molecule has 0 aliphatic rings. The van der Waals surface area contributed by atoms with E-state index in [0.717, 1.165) is 0 Å². The van der Waals surface area contributed by atoms with Crippen LogP contribution < -0.4 is 0 Å². The number of benzene rings is 1. The molecular formula is C11H16O3S. The Labute approximate surface area is 90.7 Å². The lowest BCUT2D eigenvalue weighted by molar-refractivity contribution is 0.220. The lowest BCUT2D eigenvalue weighted by atomic mass is 10.1. The number of hydrogen-bond acceptors (Lipinski definition) is 3. The van der Waals surface area contributed by atoms with Gasteiger partial charge in [-0.1, -0.05) is 32.0 Å². The minimum absolute atomic E-state index is 0.151. The Kier molecular flexibility index (Phi) is 3.88. The van der Waals surface area contributed by atoms with E-state index < -0.39 is 15.3 Å². The largest absolute Gasteiger partial charge is 0.377 e. The number of aliphatic hydroxyl groups excluding tert-OH is 1. The molecule has 0 aromatic heterocycles. The van der Waals surface area contributed by atoms with Gasteiger partial charge < -0.3 is 5.11 Å². The smallest absolute Gasteiger partial charge is 0.204 e. The first-order valence-electron chi connectivity index (χ1n) is 4.91. The molecule has 1 atom stereocenters. The highest BCUT2D eigenvalue weighted by Crippen LogP contribution is 2.18. The highest BCUT2D eigenvalue weighted by molar-refractivity contribution is 7.91. The molecule has 0 aliphatic carbocycles. The van der Waals surface area contributed by atoms with Gasteiger partial charge in [0.05, 0.1) is 4.90 Å². The predicted octanol–water partition coefficient (Wildman–Crippen LogP) is 1.82. The summed E-state index contributed by atoms with van der Waals surface area (Å²) in [5.74, 6) is 0.151. The fourth-order valence-electron chi connectivity index (χ4n) is 1.30. The molecule has 1 aromatic carbocycles. The molecule has 0 spiro atoms. The van der Waals surface area contributed by atoms with Crippen LogP contribution in [-0.4, -0.2) is 19.0 Å². The molecule has 15 heavy (non-hydrogen) atoms. The van der Waals surface area contributed by atoms with Crippen molar-refractivity contribution in [3.05, 3.63) is 30.3 Å². The third kappa shape index (κ3) is 3.04. The molecule has 1 unspecified atom stereocenters. The summed E-state index contributed by atoms with van der Waals surface area (Å²) in [4.78, 5) is 0.179. The SMILES string of the molecule is CC(C)CC(O)S(=O)(=O)c1ccccc1. The van der Waals surface area contributed by atoms with E-state index in [1.807, 2.05) is 13.8 Å². The molecule has 1 N–H and O–H groups in total. The maximum atomic E-state index is 11.8. The van der Waals surface area contributed by atoms with Crippen LogP contribution in [0.25, 0.3) is 0 Å². The van der Waals surface area contributed by atoms with Crippen molar-refractivity contribution in [2.75, 3.05) is 0 Å². The highest BCUT2D eigenvalue weighted by Gasteiger charge is 2.25. The van der Waals surface area contributed by atoms with Crippen LogP contribution in [0.2, 0.25) is 0 Å². The molecule has 0 radical (unpaired) electrons. The zero-order chi connectivity index (χ0) is 11.5. The maximum absolute atomic E-state index is 11.8. The van der Waals surface area contributed by atoms with E-state index in [1.54, 1.807) is 18.2 Å². The zero-order valence-corrected chi connectivity index (χ0v) is 9.74. The lowest BCUT2D eigenvalue weighted by Gasteiger charge is -2.13. The quantitative estimate of drug-likeness (QED) is 0.855. The molecule has 0 aliphatic heterocycles. The van der Waals surface area contributed by atoms with Crippen LogP contribution in [0.5, 0.6) is 0 Å². The van der Waals surface area contributed by atoms with E-state index in [1.165, 1.54) is 12.1 Å². The standard InChI is InChI=1S/C11H16O3S/c1-9(2)8-11(12)15(13,14)10-6-4-3-5-7-10/h3-7,9,11-12H,8H2,1-2H3. The van der Waals surface area contributed by atoms with Gasteiger partial charge in [-0.25, -0.2) is 8.42 Å². The second kappa shape index (κ2) is 4.77. The van der Waals surface area contributed by atoms with Crippen molar-refractivity contribution >= 4 is 9.84 Å². The molecule has 1 aromatic rings. The van der Waals surface area contributed by atoms with Gasteiger partial charge in [0, 0.05) is 0 Å². The predicted molar refractivity (Wildman–Crippen MR) is 59.1 cm³/mol. The van der Waals surface area contributed by atoms with Gasteiger partial charge in [-0.2, -0.15) is 0 Å². The first kappa shape index (κ1) is 12.2. The fourth-order valence-corrected chi connectivity index (χ4v) is 2.79. The average molecular weight is 228 g/mol. The maximum Gasteiger partial charge on any atom is 0.204 e. The molecule has 1 rings (SSSR count). The normalized spacial score (nSPS) is 14.1. The van der Waals surface area contributed by atoms with Crippen LogP contribution in [0.15, 0.2) is 35.2 Å². The summed E-state index contributed by atoms with van der Waals surface area (Å²) in [7, 11) is -3.58. The van der Waals surface area contributed by atoms with Gasteiger partial charge >= 0.3 is 0 Å². The third-order valence-electron chi connectivity index (χ3n) is 2.10. The van der Waals surface area contributed by atoms with Gasteiger partial charge in [0.2, 0.25) is 9.84 Å². The summed E-state index contributed by atoms with van der Waals surface area (Å²) in [6.07, 6.45) is 0.261. The summed E-state index contributed by atoms with van der Waals surface area (Å²) in [6, 6.07) is 8.04. The number of rotatable bonds is 4. The summed E-state index contributed by atoms with van der Waals surface area (Å²) in [5, 5.41) is 9.61. The molecule has 0 fully saturated rings. The van der Waals surface area contributed by atoms with E-state index in [4.69, 9.17) is 0 Å². The number of aliphatic hydroxyl groups is 1. The van der Waals surface area contributed by atoms with Crippen molar-refractivity contribution < 1.29 is 13.5 Å². The van der Waals surface area contributed by atoms with Gasteiger partial charge in [0.25, 0.3) is 0 Å². The summed E-state index contributed by atoms with van der Waals surface area (Å²) < 4.78 is 23.6. The summed E-state index contributed by atoms with van der Waals surface area (Å²) >= 11 is 0. The van der Waals surface area contributed by atoms with Gasteiger partial charge in [-0.05, 0) is 24.5 Å². The van der Waals surface area contributed by atoms with Gasteiger partial charge in [0.1, 0.15) is 0 Å². The van der Waals surface area contributed by atoms with Crippen LogP contribution in [-0.2, 0) is 9.84 Å². The molecule has 0 heterocycles. The molecule has 0 saturated carbocycles. The van der Waals surface area contributed by atoms with Crippen molar-refractivity contribution in [2.45, 2.75) is 30.6 Å².